The molecule has 0 bridgehead atoms. The average molecular weight is 468 g/mol. The lowest BCUT2D eigenvalue weighted by Crippen LogP contribution is -2.34. The first-order valence-electron chi connectivity index (χ1n) is 12.0. The van der Waals surface area contributed by atoms with E-state index >= 15 is 0 Å². The van der Waals surface area contributed by atoms with Gasteiger partial charge in [0.1, 0.15) is 0 Å². The van der Waals surface area contributed by atoms with Gasteiger partial charge < -0.3 is 14.7 Å². The van der Waals surface area contributed by atoms with Crippen LogP contribution in [-0.4, -0.2) is 54.6 Å². The van der Waals surface area contributed by atoms with Gasteiger partial charge in [-0.05, 0) is 31.3 Å². The second kappa shape index (κ2) is 16.2. The first-order chi connectivity index (χ1) is 15.3. The molecule has 5 nitrogen and oxygen atoms in total. The Kier molecular flexibility index (Phi) is 14.5. The molecule has 0 saturated carbocycles. The van der Waals surface area contributed by atoms with Crippen molar-refractivity contribution in [3.05, 3.63) is 34.9 Å². The van der Waals surface area contributed by atoms with E-state index in [1.165, 1.54) is 37.6 Å². The Morgan fingerprint density at radius 1 is 1.31 bits per heavy atom. The molecule has 0 saturated heterocycles. The van der Waals surface area contributed by atoms with E-state index in [1.807, 2.05) is 6.08 Å². The molecule has 1 N–H and O–H groups in total. The smallest absolute Gasteiger partial charge is 0.222 e. The largest absolute Gasteiger partial charge is 0.392 e. The van der Waals surface area contributed by atoms with Crippen molar-refractivity contribution in [3.8, 4) is 0 Å². The van der Waals surface area contributed by atoms with Crippen LogP contribution in [0.25, 0.3) is 0 Å². The van der Waals surface area contributed by atoms with Crippen LogP contribution >= 0.6 is 11.6 Å². The number of carbonyl (C=O) groups excluding carboxylic acids is 2. The van der Waals surface area contributed by atoms with Crippen LogP contribution in [0.2, 0.25) is 0 Å². The van der Waals surface area contributed by atoms with Crippen molar-refractivity contribution in [1.29, 1.82) is 0 Å². The van der Waals surface area contributed by atoms with E-state index in [-0.39, 0.29) is 24.3 Å². The number of carbonyl (C=O) groups is 2. The molecule has 0 aromatic carbocycles. The Bertz CT molecular complexity index is 671. The number of rotatable bonds is 15. The zero-order valence-corrected chi connectivity index (χ0v) is 21.1. The molecule has 0 aromatic heterocycles. The third-order valence-corrected chi connectivity index (χ3v) is 6.45. The number of unbranched alkanes of at least 4 members (excludes halogenated alkanes) is 4. The number of ether oxygens (including phenoxy) is 1. The topological polar surface area (TPSA) is 66.8 Å². The van der Waals surface area contributed by atoms with Crippen LogP contribution < -0.4 is 0 Å². The lowest BCUT2D eigenvalue weighted by atomic mass is 9.83. The Morgan fingerprint density at radius 2 is 2.03 bits per heavy atom. The van der Waals surface area contributed by atoms with Crippen LogP contribution in [0.5, 0.6) is 0 Å². The van der Waals surface area contributed by atoms with Gasteiger partial charge in [0.2, 0.25) is 5.91 Å². The lowest BCUT2D eigenvalue weighted by Gasteiger charge is -2.26. The van der Waals surface area contributed by atoms with Gasteiger partial charge in [0.05, 0.1) is 12.2 Å². The van der Waals surface area contributed by atoms with E-state index in [1.54, 1.807) is 32.1 Å². The van der Waals surface area contributed by atoms with Crippen molar-refractivity contribution in [2.45, 2.75) is 90.3 Å². The molecule has 1 rings (SSSR count). The minimum Gasteiger partial charge on any atom is -0.392 e. The molecule has 3 atom stereocenters. The highest BCUT2D eigenvalue weighted by Gasteiger charge is 2.30. The third kappa shape index (κ3) is 10.0. The Labute approximate surface area is 199 Å². The molecule has 1 amide bonds. The predicted octanol–water partition coefficient (Wildman–Crippen LogP) is 5.57. The number of aliphatic hydroxyl groups is 1. The second-order valence-corrected chi connectivity index (χ2v) is 8.98. The number of likely N-dealkylation sites (N-methyl/N-ethyl adjacent to an activating group) is 1. The molecule has 0 aliphatic heterocycles. The summed E-state index contributed by atoms with van der Waals surface area (Å²) in [5.74, 6) is -0.584. The van der Waals surface area contributed by atoms with Crippen LogP contribution in [0.1, 0.15) is 78.1 Å². The van der Waals surface area contributed by atoms with E-state index < -0.39 is 12.0 Å². The fourth-order valence-corrected chi connectivity index (χ4v) is 4.03. The van der Waals surface area contributed by atoms with Crippen LogP contribution in [-0.2, 0) is 14.3 Å². The molecule has 1 aliphatic carbocycles. The molecular formula is C26H42ClNO4. The summed E-state index contributed by atoms with van der Waals surface area (Å²) in [7, 11) is 3.48. The number of hydrogen-bond acceptors (Lipinski definition) is 4. The van der Waals surface area contributed by atoms with Crippen molar-refractivity contribution in [2.75, 3.05) is 20.7 Å². The summed E-state index contributed by atoms with van der Waals surface area (Å²) in [4.78, 5) is 26.6. The molecule has 0 fully saturated rings. The standard InChI is InChI=1S/C26H42ClNO4/c1-5-6-7-8-10-13-22(32-4)14-11-9-12-15-25(30)28(3)19-21(18-27)23-16-17-24(29)20(2)26(23)31/h9,11,16,18,20,22,24,29H,5-8,10,12-15,17,19H2,1-4H3/b11-9+,21-18-/t20?,22-,24?/m0/s1. The summed E-state index contributed by atoms with van der Waals surface area (Å²) in [6.07, 6.45) is 15.2. The Hall–Kier alpha value is -1.43. The van der Waals surface area contributed by atoms with Crippen molar-refractivity contribution in [3.63, 3.8) is 0 Å². The molecule has 2 unspecified atom stereocenters. The van der Waals surface area contributed by atoms with Gasteiger partial charge in [-0.3, -0.25) is 9.59 Å². The molecule has 6 heteroatoms. The number of Topliss-reactive ketones (excluding diaryl/α,β-unsaturated/α-hetero) is 1. The average Bonchev–Trinajstić information content (AvgIpc) is 2.79. The maximum atomic E-state index is 12.5. The quantitative estimate of drug-likeness (QED) is 0.252. The number of allylic oxidation sites excluding steroid dienone is 1. The van der Waals surface area contributed by atoms with Crippen LogP contribution in [0.3, 0.4) is 0 Å². The van der Waals surface area contributed by atoms with Crippen molar-refractivity contribution in [1.82, 2.24) is 4.90 Å². The molecule has 182 valence electrons. The Balaban J connectivity index is 2.39. The van der Waals surface area contributed by atoms with Crippen molar-refractivity contribution >= 4 is 23.3 Å². The normalized spacial score (nSPS) is 20.5. The van der Waals surface area contributed by atoms with Crippen molar-refractivity contribution < 1.29 is 19.4 Å². The molecule has 0 aromatic rings. The van der Waals surface area contributed by atoms with Gasteiger partial charge in [0.25, 0.3) is 0 Å². The van der Waals surface area contributed by atoms with Gasteiger partial charge in [0, 0.05) is 44.1 Å². The fraction of sp³-hybridized carbons (Fsp3) is 0.692. The second-order valence-electron chi connectivity index (χ2n) is 8.76. The molecule has 32 heavy (non-hydrogen) atoms. The van der Waals surface area contributed by atoms with Crippen LogP contribution in [0, 0.1) is 5.92 Å². The number of ketones is 1. The number of aliphatic hydroxyl groups excluding tert-OH is 1. The first kappa shape index (κ1) is 28.6. The summed E-state index contributed by atoms with van der Waals surface area (Å²) < 4.78 is 5.57. The van der Waals surface area contributed by atoms with Gasteiger partial charge in [0.15, 0.2) is 5.78 Å². The van der Waals surface area contributed by atoms with E-state index in [0.717, 1.165) is 12.8 Å². The van der Waals surface area contributed by atoms with Gasteiger partial charge >= 0.3 is 0 Å². The number of methoxy groups -OCH3 is 1. The predicted molar refractivity (Wildman–Crippen MR) is 132 cm³/mol. The zero-order chi connectivity index (χ0) is 23.9. The number of amides is 1. The summed E-state index contributed by atoms with van der Waals surface area (Å²) in [6.45, 7) is 4.21. The highest BCUT2D eigenvalue weighted by atomic mass is 35.5. The highest BCUT2D eigenvalue weighted by molar-refractivity contribution is 6.26. The van der Waals surface area contributed by atoms with E-state index in [2.05, 4.69) is 13.0 Å². The van der Waals surface area contributed by atoms with Crippen LogP contribution in [0.4, 0.5) is 0 Å². The number of nitrogens with zero attached hydrogens (tertiary/aromatic N) is 1. The fourth-order valence-electron chi connectivity index (χ4n) is 3.85. The maximum absolute atomic E-state index is 12.5. The molecule has 0 spiro atoms. The summed E-state index contributed by atoms with van der Waals surface area (Å²) in [5.41, 5.74) is 2.49. The minimum atomic E-state index is -0.660. The maximum Gasteiger partial charge on any atom is 0.222 e. The molecular weight excluding hydrogens is 426 g/mol. The van der Waals surface area contributed by atoms with E-state index in [9.17, 15) is 14.7 Å². The molecule has 0 heterocycles. The van der Waals surface area contributed by atoms with Gasteiger partial charge in [-0.2, -0.15) is 0 Å². The highest BCUT2D eigenvalue weighted by Crippen LogP contribution is 2.26. The minimum absolute atomic E-state index is 0.00169. The first-order valence-corrected chi connectivity index (χ1v) is 12.4. The number of hydrogen-bond donors (Lipinski definition) is 1. The van der Waals surface area contributed by atoms with Gasteiger partial charge in [-0.25, -0.2) is 0 Å². The van der Waals surface area contributed by atoms with Crippen LogP contribution in [0.15, 0.2) is 34.9 Å². The SMILES string of the molecule is CCCCCCC[C@@H](C/C=C/CCC(=O)N(C)C/C(=C/Cl)C1=CCC(O)C(C)C1=O)OC. The molecule has 0 radical (unpaired) electrons. The molecule has 1 aliphatic rings. The lowest BCUT2D eigenvalue weighted by molar-refractivity contribution is -0.129. The van der Waals surface area contributed by atoms with Crippen molar-refractivity contribution in [2.24, 2.45) is 5.92 Å². The zero-order valence-electron chi connectivity index (χ0n) is 20.3. The van der Waals surface area contributed by atoms with Gasteiger partial charge in [-0.1, -0.05) is 75.8 Å². The monoisotopic (exact) mass is 467 g/mol. The van der Waals surface area contributed by atoms with Gasteiger partial charge in [-0.15, -0.1) is 0 Å². The number of halogens is 1. The van der Waals surface area contributed by atoms with E-state index in [0.29, 0.717) is 30.4 Å². The van der Waals surface area contributed by atoms with E-state index in [4.69, 9.17) is 16.3 Å². The summed E-state index contributed by atoms with van der Waals surface area (Å²) >= 11 is 5.97. The Morgan fingerprint density at radius 3 is 2.69 bits per heavy atom. The third-order valence-electron chi connectivity index (χ3n) is 6.18. The summed E-state index contributed by atoms with van der Waals surface area (Å²) in [5, 5.41) is 9.86. The summed E-state index contributed by atoms with van der Waals surface area (Å²) in [6, 6.07) is 0.